The molecule has 4 heteroatoms. The summed E-state index contributed by atoms with van der Waals surface area (Å²) in [7, 11) is 2.09. The first kappa shape index (κ1) is 13.9. The van der Waals surface area contributed by atoms with E-state index in [1.807, 2.05) is 18.2 Å². The normalized spacial score (nSPS) is 15.8. The van der Waals surface area contributed by atoms with Gasteiger partial charge in [-0.1, -0.05) is 24.3 Å². The molecule has 1 aliphatic rings. The topological polar surface area (TPSA) is 32.5 Å². The summed E-state index contributed by atoms with van der Waals surface area (Å²) >= 11 is 0. The van der Waals surface area contributed by atoms with Gasteiger partial charge >= 0.3 is 0 Å². The monoisotopic (exact) mass is 285 g/mol. The minimum atomic E-state index is -0.214. The number of likely N-dealkylation sites (N-methyl/N-ethyl adjacent to an activating group) is 1. The number of halogens is 1. The number of anilines is 2. The van der Waals surface area contributed by atoms with Gasteiger partial charge in [-0.25, -0.2) is 4.39 Å². The second-order valence-electron chi connectivity index (χ2n) is 5.41. The minimum Gasteiger partial charge on any atom is -0.371 e. The standard InChI is InChI=1S/C17H20FN3/c1-20-9-10-21(16-8-3-2-7-15(16)20)17(12-19)13-5-4-6-14(18)11-13/h2-8,11,17H,9-10,12,19H2,1H3. The van der Waals surface area contributed by atoms with E-state index in [4.69, 9.17) is 5.73 Å². The molecule has 1 heterocycles. The summed E-state index contributed by atoms with van der Waals surface area (Å²) < 4.78 is 13.5. The molecular weight excluding hydrogens is 265 g/mol. The molecule has 3 nitrogen and oxygen atoms in total. The summed E-state index contributed by atoms with van der Waals surface area (Å²) in [6, 6.07) is 15.0. The van der Waals surface area contributed by atoms with Crippen LogP contribution in [0.4, 0.5) is 15.8 Å². The van der Waals surface area contributed by atoms with Gasteiger partial charge in [-0.05, 0) is 29.8 Å². The summed E-state index contributed by atoms with van der Waals surface area (Å²) in [4.78, 5) is 4.52. The van der Waals surface area contributed by atoms with Gasteiger partial charge in [0.05, 0.1) is 17.4 Å². The molecule has 21 heavy (non-hydrogen) atoms. The number of nitrogens with two attached hydrogens (primary N) is 1. The number of hydrogen-bond acceptors (Lipinski definition) is 3. The Labute approximate surface area is 124 Å². The first-order chi connectivity index (χ1) is 10.2. The Hall–Kier alpha value is -2.07. The Morgan fingerprint density at radius 2 is 1.86 bits per heavy atom. The van der Waals surface area contributed by atoms with E-state index in [2.05, 4.69) is 29.0 Å². The molecule has 2 aromatic carbocycles. The molecule has 3 rings (SSSR count). The lowest BCUT2D eigenvalue weighted by molar-refractivity contribution is 0.593. The van der Waals surface area contributed by atoms with Gasteiger partial charge in [0.2, 0.25) is 0 Å². The van der Waals surface area contributed by atoms with Crippen molar-refractivity contribution in [2.45, 2.75) is 6.04 Å². The lowest BCUT2D eigenvalue weighted by Crippen LogP contribution is -2.43. The lowest BCUT2D eigenvalue weighted by atomic mass is 10.0. The molecule has 0 spiro atoms. The molecule has 2 aromatic rings. The maximum absolute atomic E-state index is 13.5. The fourth-order valence-electron chi connectivity index (χ4n) is 3.01. The van der Waals surface area contributed by atoms with Crippen molar-refractivity contribution in [2.75, 3.05) is 36.5 Å². The molecule has 0 aliphatic carbocycles. The van der Waals surface area contributed by atoms with Gasteiger partial charge in [0.1, 0.15) is 5.82 Å². The average Bonchev–Trinajstić information content (AvgIpc) is 2.51. The predicted molar refractivity (Wildman–Crippen MR) is 85.3 cm³/mol. The summed E-state index contributed by atoms with van der Waals surface area (Å²) in [6.45, 7) is 2.27. The molecule has 110 valence electrons. The van der Waals surface area contributed by atoms with Gasteiger partial charge in [0, 0.05) is 26.7 Å². The summed E-state index contributed by atoms with van der Waals surface area (Å²) in [5.74, 6) is -0.214. The van der Waals surface area contributed by atoms with Crippen LogP contribution in [0.25, 0.3) is 0 Å². The fourth-order valence-corrected chi connectivity index (χ4v) is 3.01. The first-order valence-electron chi connectivity index (χ1n) is 7.23. The third-order valence-electron chi connectivity index (χ3n) is 4.11. The number of hydrogen-bond donors (Lipinski definition) is 1. The highest BCUT2D eigenvalue weighted by Crippen LogP contribution is 2.36. The maximum atomic E-state index is 13.5. The van der Waals surface area contributed by atoms with Crippen LogP contribution in [-0.2, 0) is 0 Å². The van der Waals surface area contributed by atoms with E-state index >= 15 is 0 Å². The molecule has 0 aromatic heterocycles. The number of rotatable bonds is 3. The van der Waals surface area contributed by atoms with Crippen LogP contribution < -0.4 is 15.5 Å². The Morgan fingerprint density at radius 3 is 2.57 bits per heavy atom. The Balaban J connectivity index is 2.01. The molecule has 1 atom stereocenters. The van der Waals surface area contributed by atoms with Crippen molar-refractivity contribution in [3.8, 4) is 0 Å². The van der Waals surface area contributed by atoms with Crippen molar-refractivity contribution in [1.82, 2.24) is 0 Å². The van der Waals surface area contributed by atoms with Gasteiger partial charge in [-0.3, -0.25) is 0 Å². The number of nitrogens with zero attached hydrogens (tertiary/aromatic N) is 2. The van der Waals surface area contributed by atoms with Crippen molar-refractivity contribution in [3.05, 3.63) is 59.9 Å². The van der Waals surface area contributed by atoms with E-state index in [9.17, 15) is 4.39 Å². The van der Waals surface area contributed by atoms with Gasteiger partial charge in [-0.15, -0.1) is 0 Å². The van der Waals surface area contributed by atoms with Crippen molar-refractivity contribution in [1.29, 1.82) is 0 Å². The number of benzene rings is 2. The zero-order valence-corrected chi connectivity index (χ0v) is 12.2. The first-order valence-corrected chi connectivity index (χ1v) is 7.23. The van der Waals surface area contributed by atoms with Crippen LogP contribution in [0.3, 0.4) is 0 Å². The molecular formula is C17H20FN3. The Bertz CT molecular complexity index is 629. The minimum absolute atomic E-state index is 0.00412. The summed E-state index contributed by atoms with van der Waals surface area (Å²) in [6.07, 6.45) is 0. The Morgan fingerprint density at radius 1 is 1.10 bits per heavy atom. The van der Waals surface area contributed by atoms with Crippen LogP contribution in [0.1, 0.15) is 11.6 Å². The van der Waals surface area contributed by atoms with Crippen molar-refractivity contribution in [3.63, 3.8) is 0 Å². The van der Waals surface area contributed by atoms with E-state index in [0.717, 1.165) is 24.3 Å². The summed E-state index contributed by atoms with van der Waals surface area (Å²) in [5, 5.41) is 0. The second kappa shape index (κ2) is 5.74. The molecule has 1 aliphatic heterocycles. The molecule has 0 fully saturated rings. The SMILES string of the molecule is CN1CCN(C(CN)c2cccc(F)c2)c2ccccc21. The van der Waals surface area contributed by atoms with Gasteiger partial charge in [0.25, 0.3) is 0 Å². The van der Waals surface area contributed by atoms with Crippen LogP contribution in [0.2, 0.25) is 0 Å². The van der Waals surface area contributed by atoms with E-state index in [1.54, 1.807) is 12.1 Å². The van der Waals surface area contributed by atoms with Crippen LogP contribution in [0, 0.1) is 5.82 Å². The third kappa shape index (κ3) is 2.59. The van der Waals surface area contributed by atoms with Crippen molar-refractivity contribution >= 4 is 11.4 Å². The number of fused-ring (bicyclic) bond motifs is 1. The number of para-hydroxylation sites is 2. The van der Waals surface area contributed by atoms with E-state index in [-0.39, 0.29) is 11.9 Å². The predicted octanol–water partition coefficient (Wildman–Crippen LogP) is 2.78. The highest BCUT2D eigenvalue weighted by Gasteiger charge is 2.26. The fraction of sp³-hybridized carbons (Fsp3) is 0.294. The smallest absolute Gasteiger partial charge is 0.123 e. The molecule has 0 bridgehead atoms. The lowest BCUT2D eigenvalue weighted by Gasteiger charge is -2.41. The molecule has 0 amide bonds. The van der Waals surface area contributed by atoms with Gasteiger partial charge < -0.3 is 15.5 Å². The average molecular weight is 285 g/mol. The Kier molecular flexibility index (Phi) is 3.80. The highest BCUT2D eigenvalue weighted by atomic mass is 19.1. The van der Waals surface area contributed by atoms with E-state index < -0.39 is 0 Å². The van der Waals surface area contributed by atoms with Crippen LogP contribution in [0.15, 0.2) is 48.5 Å². The maximum Gasteiger partial charge on any atom is 0.123 e. The molecule has 2 N–H and O–H groups in total. The quantitative estimate of drug-likeness (QED) is 0.941. The largest absolute Gasteiger partial charge is 0.371 e. The summed E-state index contributed by atoms with van der Waals surface area (Å²) in [5.41, 5.74) is 9.28. The molecule has 0 saturated carbocycles. The van der Waals surface area contributed by atoms with Crippen molar-refractivity contribution < 1.29 is 4.39 Å². The zero-order valence-electron chi connectivity index (χ0n) is 12.2. The third-order valence-corrected chi connectivity index (χ3v) is 4.11. The zero-order chi connectivity index (χ0) is 14.8. The second-order valence-corrected chi connectivity index (χ2v) is 5.41. The van der Waals surface area contributed by atoms with Gasteiger partial charge in [-0.2, -0.15) is 0 Å². The molecule has 1 unspecified atom stereocenters. The van der Waals surface area contributed by atoms with Crippen LogP contribution in [0.5, 0.6) is 0 Å². The van der Waals surface area contributed by atoms with Gasteiger partial charge in [0.15, 0.2) is 0 Å². The van der Waals surface area contributed by atoms with Crippen LogP contribution in [-0.4, -0.2) is 26.7 Å². The van der Waals surface area contributed by atoms with E-state index in [0.29, 0.717) is 6.54 Å². The molecule has 0 saturated heterocycles. The highest BCUT2D eigenvalue weighted by molar-refractivity contribution is 5.73. The molecule has 0 radical (unpaired) electrons. The van der Waals surface area contributed by atoms with Crippen LogP contribution >= 0.6 is 0 Å². The van der Waals surface area contributed by atoms with E-state index in [1.165, 1.54) is 11.8 Å². The van der Waals surface area contributed by atoms with Crippen molar-refractivity contribution in [2.24, 2.45) is 5.73 Å².